The predicted molar refractivity (Wildman–Crippen MR) is 64.9 cm³/mol. The Morgan fingerprint density at radius 1 is 1.50 bits per heavy atom. The van der Waals surface area contributed by atoms with Gasteiger partial charge in [0, 0.05) is 36.9 Å². The molecule has 1 saturated heterocycles. The molecule has 0 spiro atoms. The number of benzene rings is 1. The van der Waals surface area contributed by atoms with Crippen molar-refractivity contribution in [1.29, 1.82) is 0 Å². The minimum atomic E-state index is 0.0212. The monoisotopic (exact) mass is 239 g/mol. The third-order valence-corrected chi connectivity index (χ3v) is 2.72. The van der Waals surface area contributed by atoms with Crippen LogP contribution in [0.4, 0.5) is 10.5 Å². The Kier molecular flexibility index (Phi) is 3.51. The van der Waals surface area contributed by atoms with Crippen molar-refractivity contribution in [2.75, 3.05) is 31.5 Å². The quantitative estimate of drug-likeness (QED) is 0.841. The lowest BCUT2D eigenvalue weighted by atomic mass is 10.3. The Balaban J connectivity index is 1.77. The van der Waals surface area contributed by atoms with Crippen molar-refractivity contribution in [2.24, 2.45) is 0 Å². The SMILES string of the molecule is O=C1NCCN1CCNc1cccc(Cl)c1. The highest BCUT2D eigenvalue weighted by Gasteiger charge is 2.17. The second-order valence-corrected chi connectivity index (χ2v) is 4.09. The summed E-state index contributed by atoms with van der Waals surface area (Å²) in [6, 6.07) is 7.57. The van der Waals surface area contributed by atoms with Gasteiger partial charge < -0.3 is 15.5 Å². The highest BCUT2D eigenvalue weighted by Crippen LogP contribution is 2.14. The fourth-order valence-corrected chi connectivity index (χ4v) is 1.85. The third kappa shape index (κ3) is 2.79. The molecule has 1 heterocycles. The van der Waals surface area contributed by atoms with Crippen LogP contribution < -0.4 is 10.6 Å². The molecule has 1 aromatic rings. The molecule has 1 aromatic carbocycles. The number of urea groups is 1. The van der Waals surface area contributed by atoms with Gasteiger partial charge >= 0.3 is 6.03 Å². The summed E-state index contributed by atoms with van der Waals surface area (Å²) in [5, 5.41) is 6.70. The van der Waals surface area contributed by atoms with Crippen LogP contribution in [-0.2, 0) is 0 Å². The highest BCUT2D eigenvalue weighted by molar-refractivity contribution is 6.30. The maximum Gasteiger partial charge on any atom is 0.317 e. The summed E-state index contributed by atoms with van der Waals surface area (Å²) in [6.45, 7) is 2.97. The maximum absolute atomic E-state index is 11.2. The number of hydrogen-bond donors (Lipinski definition) is 2. The first kappa shape index (κ1) is 11.1. The third-order valence-electron chi connectivity index (χ3n) is 2.48. The van der Waals surface area contributed by atoms with Crippen molar-refractivity contribution in [3.05, 3.63) is 29.3 Å². The molecule has 0 bridgehead atoms. The van der Waals surface area contributed by atoms with E-state index in [1.54, 1.807) is 4.90 Å². The molecule has 5 heteroatoms. The van der Waals surface area contributed by atoms with Gasteiger partial charge in [0.15, 0.2) is 0 Å². The van der Waals surface area contributed by atoms with E-state index in [0.717, 1.165) is 25.3 Å². The van der Waals surface area contributed by atoms with Crippen molar-refractivity contribution in [3.63, 3.8) is 0 Å². The number of nitrogens with one attached hydrogen (secondary N) is 2. The lowest BCUT2D eigenvalue weighted by molar-refractivity contribution is 0.219. The van der Waals surface area contributed by atoms with Gasteiger partial charge in [0.2, 0.25) is 0 Å². The van der Waals surface area contributed by atoms with Crippen molar-refractivity contribution in [2.45, 2.75) is 0 Å². The smallest absolute Gasteiger partial charge is 0.317 e. The van der Waals surface area contributed by atoms with Gasteiger partial charge in [0.1, 0.15) is 0 Å². The van der Waals surface area contributed by atoms with Gasteiger partial charge in [-0.3, -0.25) is 0 Å². The van der Waals surface area contributed by atoms with Crippen LogP contribution in [0.5, 0.6) is 0 Å². The Morgan fingerprint density at radius 3 is 3.06 bits per heavy atom. The number of halogens is 1. The molecule has 4 nitrogen and oxygen atoms in total. The molecule has 0 atom stereocenters. The average Bonchev–Trinajstić information content (AvgIpc) is 2.65. The summed E-state index contributed by atoms with van der Waals surface area (Å²) in [7, 11) is 0. The molecule has 0 aliphatic carbocycles. The molecular formula is C11H14ClN3O. The standard InChI is InChI=1S/C11H14ClN3O/c12-9-2-1-3-10(8-9)13-4-6-15-7-5-14-11(15)16/h1-3,8,13H,4-7H2,(H,14,16). The number of rotatable bonds is 4. The van der Waals surface area contributed by atoms with E-state index in [1.165, 1.54) is 0 Å². The van der Waals surface area contributed by atoms with E-state index >= 15 is 0 Å². The molecule has 0 aromatic heterocycles. The summed E-state index contributed by atoms with van der Waals surface area (Å²) in [5.41, 5.74) is 0.979. The molecule has 16 heavy (non-hydrogen) atoms. The molecule has 2 amide bonds. The van der Waals surface area contributed by atoms with E-state index in [0.29, 0.717) is 11.6 Å². The molecule has 86 valence electrons. The first-order chi connectivity index (χ1) is 7.75. The van der Waals surface area contributed by atoms with E-state index in [2.05, 4.69) is 10.6 Å². The first-order valence-corrected chi connectivity index (χ1v) is 5.66. The number of carbonyl (C=O) groups excluding carboxylic acids is 1. The Hall–Kier alpha value is -1.42. The zero-order valence-corrected chi connectivity index (χ0v) is 9.63. The van der Waals surface area contributed by atoms with Crippen LogP contribution in [0.3, 0.4) is 0 Å². The maximum atomic E-state index is 11.2. The van der Waals surface area contributed by atoms with Gasteiger partial charge in [0.05, 0.1) is 0 Å². The van der Waals surface area contributed by atoms with Gasteiger partial charge in [-0.2, -0.15) is 0 Å². The topological polar surface area (TPSA) is 44.4 Å². The second kappa shape index (κ2) is 5.07. The van der Waals surface area contributed by atoms with Crippen molar-refractivity contribution >= 4 is 23.3 Å². The number of anilines is 1. The minimum absolute atomic E-state index is 0.0212. The van der Waals surface area contributed by atoms with Gasteiger partial charge in [-0.05, 0) is 18.2 Å². The molecular weight excluding hydrogens is 226 g/mol. The fourth-order valence-electron chi connectivity index (χ4n) is 1.66. The van der Waals surface area contributed by atoms with Gasteiger partial charge in [-0.25, -0.2) is 4.79 Å². The van der Waals surface area contributed by atoms with Crippen molar-refractivity contribution < 1.29 is 4.79 Å². The molecule has 0 unspecified atom stereocenters. The number of carbonyl (C=O) groups is 1. The largest absolute Gasteiger partial charge is 0.383 e. The number of nitrogens with zero attached hydrogens (tertiary/aromatic N) is 1. The predicted octanol–water partition coefficient (Wildman–Crippen LogP) is 1.78. The number of hydrogen-bond acceptors (Lipinski definition) is 2. The van der Waals surface area contributed by atoms with Gasteiger partial charge in [-0.15, -0.1) is 0 Å². The van der Waals surface area contributed by atoms with Crippen LogP contribution in [0.2, 0.25) is 5.02 Å². The number of amides is 2. The first-order valence-electron chi connectivity index (χ1n) is 5.28. The molecule has 1 fully saturated rings. The van der Waals surface area contributed by atoms with Crippen LogP contribution in [0.15, 0.2) is 24.3 Å². The van der Waals surface area contributed by atoms with Crippen LogP contribution in [0, 0.1) is 0 Å². The molecule has 2 N–H and O–H groups in total. The van der Waals surface area contributed by atoms with Gasteiger partial charge in [-0.1, -0.05) is 17.7 Å². The summed E-state index contributed by atoms with van der Waals surface area (Å²) >= 11 is 5.86. The second-order valence-electron chi connectivity index (χ2n) is 3.66. The Morgan fingerprint density at radius 2 is 2.38 bits per heavy atom. The lowest BCUT2D eigenvalue weighted by Gasteiger charge is -2.14. The van der Waals surface area contributed by atoms with Crippen LogP contribution in [-0.4, -0.2) is 37.1 Å². The lowest BCUT2D eigenvalue weighted by Crippen LogP contribution is -2.32. The van der Waals surface area contributed by atoms with E-state index in [9.17, 15) is 4.79 Å². The van der Waals surface area contributed by atoms with E-state index in [-0.39, 0.29) is 6.03 Å². The zero-order valence-electron chi connectivity index (χ0n) is 8.87. The average molecular weight is 240 g/mol. The normalized spacial score (nSPS) is 15.1. The minimum Gasteiger partial charge on any atom is -0.383 e. The van der Waals surface area contributed by atoms with E-state index in [4.69, 9.17) is 11.6 Å². The Bertz CT molecular complexity index is 383. The molecule has 1 aliphatic rings. The van der Waals surface area contributed by atoms with E-state index in [1.807, 2.05) is 24.3 Å². The summed E-state index contributed by atoms with van der Waals surface area (Å²) in [5.74, 6) is 0. The van der Waals surface area contributed by atoms with Crippen molar-refractivity contribution in [3.8, 4) is 0 Å². The fraction of sp³-hybridized carbons (Fsp3) is 0.364. The summed E-state index contributed by atoms with van der Waals surface area (Å²) in [6.07, 6.45) is 0. The highest BCUT2D eigenvalue weighted by atomic mass is 35.5. The molecule has 1 aliphatic heterocycles. The summed E-state index contributed by atoms with van der Waals surface area (Å²) in [4.78, 5) is 13.0. The molecule has 0 radical (unpaired) electrons. The van der Waals surface area contributed by atoms with Gasteiger partial charge in [0.25, 0.3) is 0 Å². The van der Waals surface area contributed by atoms with Crippen LogP contribution in [0.1, 0.15) is 0 Å². The van der Waals surface area contributed by atoms with E-state index < -0.39 is 0 Å². The van der Waals surface area contributed by atoms with Crippen LogP contribution >= 0.6 is 11.6 Å². The van der Waals surface area contributed by atoms with Crippen LogP contribution in [0.25, 0.3) is 0 Å². The Labute approximate surface area is 99.6 Å². The van der Waals surface area contributed by atoms with Crippen molar-refractivity contribution in [1.82, 2.24) is 10.2 Å². The molecule has 0 saturated carbocycles. The zero-order chi connectivity index (χ0) is 11.4. The summed E-state index contributed by atoms with van der Waals surface area (Å²) < 4.78 is 0. The molecule has 2 rings (SSSR count).